The number of carboxylic acid groups (broad SMARTS) is 1. The highest BCUT2D eigenvalue weighted by Crippen LogP contribution is 2.18. The molecule has 0 radical (unpaired) electrons. The Balaban J connectivity index is 2.75. The Morgan fingerprint density at radius 2 is 2.16 bits per heavy atom. The van der Waals surface area contributed by atoms with Gasteiger partial charge in [-0.1, -0.05) is 18.7 Å². The summed E-state index contributed by atoms with van der Waals surface area (Å²) in [5, 5.41) is 10.1. The van der Waals surface area contributed by atoms with Gasteiger partial charge in [-0.2, -0.15) is 0 Å². The lowest BCUT2D eigenvalue weighted by molar-refractivity contribution is 0.0697. The van der Waals surface area contributed by atoms with E-state index >= 15 is 0 Å². The highest BCUT2D eigenvalue weighted by molar-refractivity contribution is 7.99. The molecule has 1 aromatic heterocycles. The van der Waals surface area contributed by atoms with Crippen LogP contribution in [0.1, 0.15) is 24.2 Å². The molecule has 0 aliphatic carbocycles. The molecule has 0 aliphatic heterocycles. The van der Waals surface area contributed by atoms with Gasteiger partial charge >= 0.3 is 5.97 Å². The first-order valence-electron chi connectivity index (χ1n) is 5.99. The van der Waals surface area contributed by atoms with Crippen LogP contribution in [0.4, 0.5) is 0 Å². The first kappa shape index (κ1) is 13.6. The standard InChI is InChI=1S/C13H14N2O3S/c1-3-15-11(16)9-6-5-8(12(17)18)7-10(9)14-13(15)19-4-2/h5-7H,3-4H2,1-2H3,(H,17,18). The maximum Gasteiger partial charge on any atom is 0.335 e. The number of nitrogens with zero attached hydrogens (tertiary/aromatic N) is 2. The number of fused-ring (bicyclic) bond motifs is 1. The molecule has 2 rings (SSSR count). The molecule has 100 valence electrons. The van der Waals surface area contributed by atoms with Crippen LogP contribution >= 0.6 is 11.8 Å². The number of rotatable bonds is 4. The molecule has 1 N–H and O–H groups in total. The van der Waals surface area contributed by atoms with Crippen molar-refractivity contribution >= 4 is 28.6 Å². The smallest absolute Gasteiger partial charge is 0.335 e. The van der Waals surface area contributed by atoms with E-state index in [0.29, 0.717) is 22.6 Å². The number of thioether (sulfide) groups is 1. The van der Waals surface area contributed by atoms with Gasteiger partial charge in [0, 0.05) is 6.54 Å². The first-order chi connectivity index (χ1) is 9.08. The maximum absolute atomic E-state index is 12.3. The van der Waals surface area contributed by atoms with Crippen molar-refractivity contribution < 1.29 is 9.90 Å². The average molecular weight is 278 g/mol. The number of carbonyl (C=O) groups is 1. The molecule has 0 fully saturated rings. The van der Waals surface area contributed by atoms with Gasteiger partial charge in [-0.25, -0.2) is 9.78 Å². The molecular weight excluding hydrogens is 264 g/mol. The van der Waals surface area contributed by atoms with Crippen molar-refractivity contribution in [1.82, 2.24) is 9.55 Å². The second-order valence-electron chi connectivity index (χ2n) is 3.91. The third-order valence-corrected chi connectivity index (χ3v) is 3.62. The lowest BCUT2D eigenvalue weighted by atomic mass is 10.1. The molecule has 0 saturated carbocycles. The van der Waals surface area contributed by atoms with Crippen LogP contribution in [0, 0.1) is 0 Å². The fourth-order valence-electron chi connectivity index (χ4n) is 1.85. The van der Waals surface area contributed by atoms with Gasteiger partial charge in [-0.3, -0.25) is 9.36 Å². The summed E-state index contributed by atoms with van der Waals surface area (Å²) in [5.41, 5.74) is 0.451. The van der Waals surface area contributed by atoms with Gasteiger partial charge in [0.15, 0.2) is 5.16 Å². The molecule has 0 atom stereocenters. The molecule has 0 amide bonds. The highest BCUT2D eigenvalue weighted by Gasteiger charge is 2.12. The molecule has 5 nitrogen and oxygen atoms in total. The van der Waals surface area contributed by atoms with E-state index in [-0.39, 0.29) is 11.1 Å². The van der Waals surface area contributed by atoms with Gasteiger partial charge in [0.05, 0.1) is 16.5 Å². The van der Waals surface area contributed by atoms with Gasteiger partial charge in [-0.05, 0) is 30.9 Å². The number of benzene rings is 1. The minimum absolute atomic E-state index is 0.125. The van der Waals surface area contributed by atoms with Crippen molar-refractivity contribution in [2.45, 2.75) is 25.5 Å². The van der Waals surface area contributed by atoms with Crippen LogP contribution in [0.25, 0.3) is 10.9 Å². The van der Waals surface area contributed by atoms with E-state index in [2.05, 4.69) is 4.98 Å². The summed E-state index contributed by atoms with van der Waals surface area (Å²) in [5.74, 6) is -0.218. The van der Waals surface area contributed by atoms with Crippen molar-refractivity contribution in [2.75, 3.05) is 5.75 Å². The summed E-state index contributed by atoms with van der Waals surface area (Å²) in [6, 6.07) is 4.40. The van der Waals surface area contributed by atoms with Crippen molar-refractivity contribution in [2.24, 2.45) is 0 Å². The Kier molecular flexibility index (Phi) is 3.90. The van der Waals surface area contributed by atoms with Crippen LogP contribution < -0.4 is 5.56 Å². The largest absolute Gasteiger partial charge is 0.478 e. The molecule has 0 spiro atoms. The quantitative estimate of drug-likeness (QED) is 0.686. The topological polar surface area (TPSA) is 72.2 Å². The van der Waals surface area contributed by atoms with E-state index < -0.39 is 5.97 Å². The van der Waals surface area contributed by atoms with E-state index in [0.717, 1.165) is 5.75 Å². The summed E-state index contributed by atoms with van der Waals surface area (Å²) < 4.78 is 1.61. The predicted molar refractivity (Wildman–Crippen MR) is 75.0 cm³/mol. The molecule has 2 aromatic rings. The molecule has 0 unspecified atom stereocenters. The Hall–Kier alpha value is -1.82. The molecule has 19 heavy (non-hydrogen) atoms. The Labute approximate surface area is 114 Å². The maximum atomic E-state index is 12.3. The van der Waals surface area contributed by atoms with Crippen LogP contribution in [0.2, 0.25) is 0 Å². The molecule has 0 saturated heterocycles. The van der Waals surface area contributed by atoms with Gasteiger partial charge in [0.1, 0.15) is 0 Å². The summed E-state index contributed by atoms with van der Waals surface area (Å²) in [6.07, 6.45) is 0. The Morgan fingerprint density at radius 1 is 1.42 bits per heavy atom. The minimum Gasteiger partial charge on any atom is -0.478 e. The molecule has 1 heterocycles. The van der Waals surface area contributed by atoms with Crippen molar-refractivity contribution in [1.29, 1.82) is 0 Å². The third kappa shape index (κ3) is 2.49. The van der Waals surface area contributed by atoms with Crippen LogP contribution in [0.5, 0.6) is 0 Å². The van der Waals surface area contributed by atoms with E-state index in [1.807, 2.05) is 13.8 Å². The van der Waals surface area contributed by atoms with Crippen LogP contribution in [-0.2, 0) is 6.54 Å². The average Bonchev–Trinajstić information content (AvgIpc) is 2.39. The van der Waals surface area contributed by atoms with E-state index in [1.165, 1.54) is 30.0 Å². The molecule has 0 aliphatic rings. The molecular formula is C13H14N2O3S. The SMILES string of the molecule is CCSc1nc2cc(C(=O)O)ccc2c(=O)n1CC. The number of carboxylic acids is 1. The van der Waals surface area contributed by atoms with Crippen LogP contribution in [0.3, 0.4) is 0 Å². The lowest BCUT2D eigenvalue weighted by Crippen LogP contribution is -2.22. The number of hydrogen-bond acceptors (Lipinski definition) is 4. The number of aromatic nitrogens is 2. The van der Waals surface area contributed by atoms with Gasteiger partial charge in [0.25, 0.3) is 5.56 Å². The van der Waals surface area contributed by atoms with E-state index in [4.69, 9.17) is 5.11 Å². The highest BCUT2D eigenvalue weighted by atomic mass is 32.2. The second-order valence-corrected chi connectivity index (χ2v) is 5.15. The Bertz CT molecular complexity index is 694. The first-order valence-corrected chi connectivity index (χ1v) is 6.97. The fourth-order valence-corrected chi connectivity index (χ4v) is 2.64. The van der Waals surface area contributed by atoms with Gasteiger partial charge < -0.3 is 5.11 Å². The summed E-state index contributed by atoms with van der Waals surface area (Å²) >= 11 is 1.47. The number of aromatic carboxylic acids is 1. The summed E-state index contributed by atoms with van der Waals surface area (Å²) in [7, 11) is 0. The molecule has 1 aromatic carbocycles. The predicted octanol–water partition coefficient (Wildman–Crippen LogP) is 2.23. The van der Waals surface area contributed by atoms with Crippen LogP contribution in [-0.4, -0.2) is 26.4 Å². The monoisotopic (exact) mass is 278 g/mol. The Morgan fingerprint density at radius 3 is 2.74 bits per heavy atom. The number of hydrogen-bond donors (Lipinski definition) is 1. The fraction of sp³-hybridized carbons (Fsp3) is 0.308. The zero-order valence-corrected chi connectivity index (χ0v) is 11.5. The normalized spacial score (nSPS) is 10.8. The second kappa shape index (κ2) is 5.44. The van der Waals surface area contributed by atoms with E-state index in [1.54, 1.807) is 4.57 Å². The van der Waals surface area contributed by atoms with E-state index in [9.17, 15) is 9.59 Å². The molecule has 6 heteroatoms. The summed E-state index contributed by atoms with van der Waals surface area (Å²) in [6.45, 7) is 4.42. The van der Waals surface area contributed by atoms with Crippen molar-refractivity contribution in [3.05, 3.63) is 34.1 Å². The summed E-state index contributed by atoms with van der Waals surface area (Å²) in [4.78, 5) is 27.6. The zero-order chi connectivity index (χ0) is 14.0. The van der Waals surface area contributed by atoms with Crippen molar-refractivity contribution in [3.8, 4) is 0 Å². The lowest BCUT2D eigenvalue weighted by Gasteiger charge is -2.10. The van der Waals surface area contributed by atoms with Crippen LogP contribution in [0.15, 0.2) is 28.2 Å². The van der Waals surface area contributed by atoms with Crippen molar-refractivity contribution in [3.63, 3.8) is 0 Å². The van der Waals surface area contributed by atoms with Gasteiger partial charge in [-0.15, -0.1) is 0 Å². The molecule has 0 bridgehead atoms. The third-order valence-electron chi connectivity index (χ3n) is 2.76. The zero-order valence-electron chi connectivity index (χ0n) is 10.7. The minimum atomic E-state index is -1.02. The van der Waals surface area contributed by atoms with Gasteiger partial charge in [0.2, 0.25) is 0 Å².